The molecule has 1 aromatic heterocycles. The number of nitrogens with zero attached hydrogens (tertiary/aromatic N) is 1. The lowest BCUT2D eigenvalue weighted by Gasteiger charge is -2.09. The van der Waals surface area contributed by atoms with Crippen molar-refractivity contribution in [2.75, 3.05) is 0 Å². The molecular weight excluding hydrogens is 186 g/mol. The van der Waals surface area contributed by atoms with Crippen molar-refractivity contribution < 1.29 is 4.79 Å². The first-order chi connectivity index (χ1) is 7.22. The smallest absolute Gasteiger partial charge is 0.181 e. The number of aromatic nitrogens is 1. The minimum absolute atomic E-state index is 0.230. The summed E-state index contributed by atoms with van der Waals surface area (Å²) in [6.45, 7) is 4.13. The quantitative estimate of drug-likeness (QED) is 0.657. The fourth-order valence-electron chi connectivity index (χ4n) is 2.20. The van der Waals surface area contributed by atoms with Crippen LogP contribution in [0, 0.1) is 6.92 Å². The number of carbonyl (C=O) groups excluding carboxylic acids is 1. The first-order valence-corrected chi connectivity index (χ1v) is 5.75. The number of fused-ring (bicyclic) bond motifs is 1. The van der Waals surface area contributed by atoms with Crippen LogP contribution in [-0.4, -0.2) is 10.8 Å². The van der Waals surface area contributed by atoms with Crippen molar-refractivity contribution in [3.8, 4) is 0 Å². The highest BCUT2D eigenvalue weighted by Crippen LogP contribution is 2.21. The van der Waals surface area contributed by atoms with Crippen molar-refractivity contribution in [2.24, 2.45) is 0 Å². The summed E-state index contributed by atoms with van der Waals surface area (Å²) < 4.78 is 0. The molecule has 0 fully saturated rings. The third kappa shape index (κ3) is 1.94. The molecule has 0 unspecified atom stereocenters. The highest BCUT2D eigenvalue weighted by molar-refractivity contribution is 5.96. The predicted molar refractivity (Wildman–Crippen MR) is 60.2 cm³/mol. The summed E-state index contributed by atoms with van der Waals surface area (Å²) in [6, 6.07) is 2.18. The van der Waals surface area contributed by atoms with E-state index in [0.29, 0.717) is 6.42 Å². The highest BCUT2D eigenvalue weighted by atomic mass is 16.1. The number of rotatable bonds is 1. The topological polar surface area (TPSA) is 30.0 Å². The second-order valence-electron chi connectivity index (χ2n) is 4.22. The molecule has 1 aliphatic carbocycles. The van der Waals surface area contributed by atoms with Gasteiger partial charge in [0, 0.05) is 12.1 Å². The lowest BCUT2D eigenvalue weighted by Crippen LogP contribution is -2.07. The van der Waals surface area contributed by atoms with Gasteiger partial charge in [-0.15, -0.1) is 0 Å². The molecule has 0 aliphatic heterocycles. The summed E-state index contributed by atoms with van der Waals surface area (Å²) in [4.78, 5) is 16.3. The lowest BCUT2D eigenvalue weighted by molar-refractivity contribution is 0.0977. The van der Waals surface area contributed by atoms with E-state index in [2.05, 4.69) is 18.0 Å². The van der Waals surface area contributed by atoms with Gasteiger partial charge in [-0.1, -0.05) is 13.0 Å². The van der Waals surface area contributed by atoms with E-state index in [0.717, 1.165) is 37.1 Å². The first kappa shape index (κ1) is 10.3. The van der Waals surface area contributed by atoms with Crippen LogP contribution in [0.4, 0.5) is 0 Å². The van der Waals surface area contributed by atoms with Crippen molar-refractivity contribution in [3.63, 3.8) is 0 Å². The second kappa shape index (κ2) is 4.13. The molecule has 0 saturated carbocycles. The molecule has 15 heavy (non-hydrogen) atoms. The molecule has 1 heterocycles. The fraction of sp³-hybridized carbons (Fsp3) is 0.538. The largest absolute Gasteiger partial charge is 0.292 e. The molecule has 0 radical (unpaired) electrons. The summed E-state index contributed by atoms with van der Waals surface area (Å²) in [6.07, 6.45) is 4.81. The van der Waals surface area contributed by atoms with Crippen LogP contribution in [0.1, 0.15) is 53.5 Å². The summed E-state index contributed by atoms with van der Waals surface area (Å²) >= 11 is 0. The molecule has 0 spiro atoms. The summed E-state index contributed by atoms with van der Waals surface area (Å²) in [5.41, 5.74) is 4.21. The van der Waals surface area contributed by atoms with Crippen LogP contribution in [0.15, 0.2) is 6.07 Å². The molecule has 2 nitrogen and oxygen atoms in total. The molecule has 80 valence electrons. The van der Waals surface area contributed by atoms with Crippen LogP contribution in [0.3, 0.4) is 0 Å². The normalized spacial score (nSPS) is 16.0. The Morgan fingerprint density at radius 1 is 1.33 bits per heavy atom. The number of ketones is 1. The summed E-state index contributed by atoms with van der Waals surface area (Å²) in [7, 11) is 0. The number of hydrogen-bond donors (Lipinski definition) is 0. The summed E-state index contributed by atoms with van der Waals surface area (Å²) in [5, 5.41) is 0. The molecule has 2 rings (SSSR count). The minimum atomic E-state index is 0.230. The zero-order chi connectivity index (χ0) is 10.8. The monoisotopic (exact) mass is 203 g/mol. The Morgan fingerprint density at radius 2 is 2.07 bits per heavy atom. The standard InChI is InChI=1S/C13H17NO/c1-3-10-8-11-6-4-5-7-12(15)13(11)14-9(10)2/h8H,3-7H2,1-2H3. The number of aryl methyl sites for hydroxylation is 3. The van der Waals surface area contributed by atoms with E-state index in [1.54, 1.807) is 0 Å². The number of Topliss-reactive ketones (excluding diaryl/α,β-unsaturated/α-hetero) is 1. The van der Waals surface area contributed by atoms with Gasteiger partial charge in [-0.25, -0.2) is 4.98 Å². The van der Waals surface area contributed by atoms with Crippen LogP contribution in [0.25, 0.3) is 0 Å². The van der Waals surface area contributed by atoms with E-state index in [1.165, 1.54) is 11.1 Å². The third-order valence-corrected chi connectivity index (χ3v) is 3.14. The van der Waals surface area contributed by atoms with Crippen molar-refractivity contribution in [2.45, 2.75) is 46.0 Å². The van der Waals surface area contributed by atoms with Gasteiger partial charge in [-0.2, -0.15) is 0 Å². The van der Waals surface area contributed by atoms with Crippen molar-refractivity contribution in [1.29, 1.82) is 0 Å². The fourth-order valence-corrected chi connectivity index (χ4v) is 2.20. The van der Waals surface area contributed by atoms with Crippen LogP contribution in [-0.2, 0) is 12.8 Å². The van der Waals surface area contributed by atoms with Gasteiger partial charge in [-0.05, 0) is 43.7 Å². The zero-order valence-corrected chi connectivity index (χ0v) is 9.47. The number of carbonyl (C=O) groups is 1. The molecule has 0 atom stereocenters. The van der Waals surface area contributed by atoms with Gasteiger partial charge in [0.25, 0.3) is 0 Å². The average molecular weight is 203 g/mol. The van der Waals surface area contributed by atoms with Crippen LogP contribution in [0.5, 0.6) is 0 Å². The number of hydrogen-bond acceptors (Lipinski definition) is 2. The van der Waals surface area contributed by atoms with Gasteiger partial charge in [0.1, 0.15) is 5.69 Å². The molecule has 0 saturated heterocycles. The van der Waals surface area contributed by atoms with Gasteiger partial charge in [0.2, 0.25) is 0 Å². The molecule has 0 bridgehead atoms. The average Bonchev–Trinajstić information content (AvgIpc) is 2.40. The molecule has 2 heteroatoms. The molecule has 0 aromatic carbocycles. The Labute approximate surface area is 90.7 Å². The van der Waals surface area contributed by atoms with Crippen LogP contribution >= 0.6 is 0 Å². The minimum Gasteiger partial charge on any atom is -0.292 e. The van der Waals surface area contributed by atoms with E-state index in [9.17, 15) is 4.79 Å². The molecule has 1 aliphatic rings. The Balaban J connectivity index is 2.51. The van der Waals surface area contributed by atoms with E-state index >= 15 is 0 Å². The molecule has 0 amide bonds. The lowest BCUT2D eigenvalue weighted by atomic mass is 10.0. The maximum absolute atomic E-state index is 11.8. The van der Waals surface area contributed by atoms with E-state index in [-0.39, 0.29) is 5.78 Å². The van der Waals surface area contributed by atoms with Gasteiger partial charge in [0.15, 0.2) is 5.78 Å². The molecule has 1 aromatic rings. The molecular formula is C13H17NO. The van der Waals surface area contributed by atoms with Crippen molar-refractivity contribution >= 4 is 5.78 Å². The van der Waals surface area contributed by atoms with Gasteiger partial charge < -0.3 is 0 Å². The van der Waals surface area contributed by atoms with E-state index in [4.69, 9.17) is 0 Å². The number of pyridine rings is 1. The Bertz CT molecular complexity index is 396. The van der Waals surface area contributed by atoms with E-state index < -0.39 is 0 Å². The summed E-state index contributed by atoms with van der Waals surface area (Å²) in [5.74, 6) is 0.230. The second-order valence-corrected chi connectivity index (χ2v) is 4.22. The van der Waals surface area contributed by atoms with Crippen molar-refractivity contribution in [3.05, 3.63) is 28.6 Å². The maximum atomic E-state index is 11.8. The van der Waals surface area contributed by atoms with Crippen LogP contribution in [0.2, 0.25) is 0 Å². The van der Waals surface area contributed by atoms with Gasteiger partial charge in [0.05, 0.1) is 0 Å². The van der Waals surface area contributed by atoms with Crippen LogP contribution < -0.4 is 0 Å². The Kier molecular flexibility index (Phi) is 2.85. The van der Waals surface area contributed by atoms with Gasteiger partial charge >= 0.3 is 0 Å². The maximum Gasteiger partial charge on any atom is 0.181 e. The third-order valence-electron chi connectivity index (χ3n) is 3.14. The van der Waals surface area contributed by atoms with Gasteiger partial charge in [-0.3, -0.25) is 4.79 Å². The predicted octanol–water partition coefficient (Wildman–Crippen LogP) is 2.86. The van der Waals surface area contributed by atoms with Crippen molar-refractivity contribution in [1.82, 2.24) is 4.98 Å². The molecule has 0 N–H and O–H groups in total. The zero-order valence-electron chi connectivity index (χ0n) is 9.47. The SMILES string of the molecule is CCc1cc2c(nc1C)C(=O)CCCC2. The Morgan fingerprint density at radius 3 is 2.80 bits per heavy atom. The van der Waals surface area contributed by atoms with E-state index in [1.807, 2.05) is 6.92 Å². The Hall–Kier alpha value is -1.18. The highest BCUT2D eigenvalue weighted by Gasteiger charge is 2.18. The first-order valence-electron chi connectivity index (χ1n) is 5.75.